The molecular weight excluding hydrogens is 241 g/mol. The van der Waals surface area contributed by atoms with Crippen LogP contribution in [0.25, 0.3) is 0 Å². The summed E-state index contributed by atoms with van der Waals surface area (Å²) in [6, 6.07) is 10.5. The van der Waals surface area contributed by atoms with Crippen LogP contribution in [0.15, 0.2) is 42.5 Å². The number of carbonyl (C=O) groups is 1. The van der Waals surface area contributed by atoms with Gasteiger partial charge in [-0.05, 0) is 24.3 Å². The molecule has 0 bridgehead atoms. The highest BCUT2D eigenvalue weighted by Gasteiger charge is 2.18. The van der Waals surface area contributed by atoms with E-state index in [2.05, 4.69) is 0 Å². The zero-order valence-electron chi connectivity index (χ0n) is 8.78. The van der Waals surface area contributed by atoms with Crippen molar-refractivity contribution in [3.8, 4) is 0 Å². The van der Waals surface area contributed by atoms with Crippen LogP contribution in [0.4, 0.5) is 10.1 Å². The van der Waals surface area contributed by atoms with E-state index in [4.69, 9.17) is 17.3 Å². The van der Waals surface area contributed by atoms with Gasteiger partial charge in [0, 0.05) is 5.69 Å². The number of halogens is 2. The molecule has 0 unspecified atom stereocenters. The van der Waals surface area contributed by atoms with Gasteiger partial charge in [0.1, 0.15) is 5.82 Å². The monoisotopic (exact) mass is 249 g/mol. The van der Waals surface area contributed by atoms with E-state index in [9.17, 15) is 9.18 Å². The molecule has 86 valence electrons. The molecule has 4 heteroatoms. The van der Waals surface area contributed by atoms with E-state index in [1.165, 1.54) is 18.2 Å². The lowest BCUT2D eigenvalue weighted by Crippen LogP contribution is -2.08. The fraction of sp³-hybridized carbons (Fsp3) is 0. The first kappa shape index (κ1) is 11.6. The third kappa shape index (κ3) is 2.15. The molecule has 0 spiro atoms. The zero-order valence-corrected chi connectivity index (χ0v) is 9.54. The zero-order chi connectivity index (χ0) is 12.4. The van der Waals surface area contributed by atoms with Crippen molar-refractivity contribution in [2.75, 3.05) is 5.73 Å². The van der Waals surface area contributed by atoms with Gasteiger partial charge in [-0.3, -0.25) is 4.79 Å². The summed E-state index contributed by atoms with van der Waals surface area (Å²) in [5, 5.41) is 0.221. The Balaban J connectivity index is 2.56. The van der Waals surface area contributed by atoms with E-state index < -0.39 is 11.6 Å². The Morgan fingerprint density at radius 2 is 1.82 bits per heavy atom. The molecule has 0 aliphatic heterocycles. The van der Waals surface area contributed by atoms with Crippen molar-refractivity contribution in [2.24, 2.45) is 0 Å². The van der Waals surface area contributed by atoms with Gasteiger partial charge < -0.3 is 5.73 Å². The Hall–Kier alpha value is -1.87. The molecule has 0 heterocycles. The van der Waals surface area contributed by atoms with Crippen molar-refractivity contribution in [3.05, 3.63) is 64.4 Å². The van der Waals surface area contributed by atoms with Crippen LogP contribution in [0.5, 0.6) is 0 Å². The predicted octanol–water partition coefficient (Wildman–Crippen LogP) is 3.29. The summed E-state index contributed by atoms with van der Waals surface area (Å²) < 4.78 is 13.5. The molecule has 0 atom stereocenters. The van der Waals surface area contributed by atoms with Crippen molar-refractivity contribution < 1.29 is 9.18 Å². The summed E-state index contributed by atoms with van der Waals surface area (Å²) in [4.78, 5) is 12.1. The van der Waals surface area contributed by atoms with E-state index in [0.29, 0.717) is 0 Å². The summed E-state index contributed by atoms with van der Waals surface area (Å²) in [6.07, 6.45) is 0. The first-order valence-corrected chi connectivity index (χ1v) is 5.32. The van der Waals surface area contributed by atoms with Crippen molar-refractivity contribution in [3.63, 3.8) is 0 Å². The van der Waals surface area contributed by atoms with Gasteiger partial charge in [-0.1, -0.05) is 29.8 Å². The van der Waals surface area contributed by atoms with Crippen LogP contribution in [-0.4, -0.2) is 5.78 Å². The number of rotatable bonds is 2. The normalized spacial score (nSPS) is 10.2. The van der Waals surface area contributed by atoms with E-state index in [1.807, 2.05) is 0 Å². The maximum atomic E-state index is 13.5. The molecule has 0 saturated heterocycles. The van der Waals surface area contributed by atoms with E-state index >= 15 is 0 Å². The van der Waals surface area contributed by atoms with Crippen LogP contribution in [0.2, 0.25) is 5.02 Å². The lowest BCUT2D eigenvalue weighted by molar-refractivity contribution is 0.103. The molecule has 0 saturated carbocycles. The molecule has 2 aromatic rings. The number of hydrogen-bond acceptors (Lipinski definition) is 2. The minimum Gasteiger partial charge on any atom is -0.398 e. The number of hydrogen-bond donors (Lipinski definition) is 1. The third-order valence-electron chi connectivity index (χ3n) is 2.39. The molecular formula is C13H9ClFNO. The van der Waals surface area contributed by atoms with Crippen LogP contribution in [0, 0.1) is 5.82 Å². The van der Waals surface area contributed by atoms with Gasteiger partial charge in [0.2, 0.25) is 0 Å². The number of nitrogen functional groups attached to an aromatic ring is 1. The molecule has 0 aliphatic carbocycles. The molecule has 2 aromatic carbocycles. The molecule has 0 aromatic heterocycles. The van der Waals surface area contributed by atoms with Gasteiger partial charge in [0.25, 0.3) is 0 Å². The highest BCUT2D eigenvalue weighted by Crippen LogP contribution is 2.25. The van der Waals surface area contributed by atoms with Crippen molar-refractivity contribution >= 4 is 23.1 Å². The Bertz CT molecular complexity index is 563. The van der Waals surface area contributed by atoms with Crippen LogP contribution < -0.4 is 5.73 Å². The standard InChI is InChI=1S/C13H9ClFNO/c14-9-5-3-7-11(16)12(9)13(17)8-4-1-2-6-10(8)15/h1-7H,16H2. The van der Waals surface area contributed by atoms with Crippen molar-refractivity contribution in [1.29, 1.82) is 0 Å². The highest BCUT2D eigenvalue weighted by atomic mass is 35.5. The Morgan fingerprint density at radius 3 is 2.47 bits per heavy atom. The molecule has 17 heavy (non-hydrogen) atoms. The first-order valence-electron chi connectivity index (χ1n) is 4.94. The minimum atomic E-state index is -0.586. The Kier molecular flexibility index (Phi) is 3.11. The Morgan fingerprint density at radius 1 is 1.12 bits per heavy atom. The van der Waals surface area contributed by atoms with Gasteiger partial charge in [-0.25, -0.2) is 4.39 Å². The molecule has 2 nitrogen and oxygen atoms in total. The maximum absolute atomic E-state index is 13.5. The Labute approximate surface area is 103 Å². The van der Waals surface area contributed by atoms with Gasteiger partial charge >= 0.3 is 0 Å². The lowest BCUT2D eigenvalue weighted by atomic mass is 10.0. The number of nitrogens with two attached hydrogens (primary N) is 1. The number of benzene rings is 2. The molecule has 0 radical (unpaired) electrons. The second kappa shape index (κ2) is 4.55. The summed E-state index contributed by atoms with van der Waals surface area (Å²) >= 11 is 5.90. The van der Waals surface area contributed by atoms with Crippen LogP contribution in [0.3, 0.4) is 0 Å². The lowest BCUT2D eigenvalue weighted by Gasteiger charge is -2.07. The molecule has 2 rings (SSSR count). The van der Waals surface area contributed by atoms with Gasteiger partial charge in [-0.2, -0.15) is 0 Å². The molecule has 0 fully saturated rings. The van der Waals surface area contributed by atoms with Gasteiger partial charge in [0.15, 0.2) is 5.78 Å². The van der Waals surface area contributed by atoms with Crippen LogP contribution >= 0.6 is 11.6 Å². The fourth-order valence-electron chi connectivity index (χ4n) is 1.56. The summed E-state index contributed by atoms with van der Waals surface area (Å²) in [7, 11) is 0. The highest BCUT2D eigenvalue weighted by molar-refractivity contribution is 6.35. The average Bonchev–Trinajstić information content (AvgIpc) is 2.29. The number of carbonyl (C=O) groups excluding carboxylic acids is 1. The summed E-state index contributed by atoms with van der Waals surface area (Å²) in [5.41, 5.74) is 6.03. The predicted molar refractivity (Wildman–Crippen MR) is 65.7 cm³/mol. The second-order valence-corrected chi connectivity index (χ2v) is 3.92. The van der Waals surface area contributed by atoms with Gasteiger partial charge in [0.05, 0.1) is 16.1 Å². The van der Waals surface area contributed by atoms with E-state index in [0.717, 1.165) is 0 Å². The topological polar surface area (TPSA) is 43.1 Å². The largest absolute Gasteiger partial charge is 0.398 e. The van der Waals surface area contributed by atoms with Crippen molar-refractivity contribution in [1.82, 2.24) is 0 Å². The molecule has 2 N–H and O–H groups in total. The van der Waals surface area contributed by atoms with Crippen molar-refractivity contribution in [2.45, 2.75) is 0 Å². The van der Waals surface area contributed by atoms with E-state index in [-0.39, 0.29) is 21.8 Å². The number of ketones is 1. The first-order chi connectivity index (χ1) is 8.11. The molecule has 0 aliphatic rings. The maximum Gasteiger partial charge on any atom is 0.199 e. The molecule has 0 amide bonds. The average molecular weight is 250 g/mol. The van der Waals surface area contributed by atoms with Gasteiger partial charge in [-0.15, -0.1) is 0 Å². The summed E-state index contributed by atoms with van der Waals surface area (Å²) in [5.74, 6) is -1.09. The third-order valence-corrected chi connectivity index (χ3v) is 2.71. The second-order valence-electron chi connectivity index (χ2n) is 3.51. The van der Waals surface area contributed by atoms with Crippen LogP contribution in [0.1, 0.15) is 15.9 Å². The quantitative estimate of drug-likeness (QED) is 0.656. The minimum absolute atomic E-state index is 0.0349. The fourth-order valence-corrected chi connectivity index (χ4v) is 1.83. The smallest absolute Gasteiger partial charge is 0.199 e. The number of anilines is 1. The SMILES string of the molecule is Nc1cccc(Cl)c1C(=O)c1ccccc1F. The summed E-state index contributed by atoms with van der Waals surface area (Å²) in [6.45, 7) is 0. The van der Waals surface area contributed by atoms with E-state index in [1.54, 1.807) is 24.3 Å². The van der Waals surface area contributed by atoms with Crippen LogP contribution in [-0.2, 0) is 0 Å².